The predicted octanol–water partition coefficient (Wildman–Crippen LogP) is 1.51. The minimum absolute atomic E-state index is 0.0153. The number of hydrogen-bond acceptors (Lipinski definition) is 3. The molecule has 1 aromatic carbocycles. The van der Waals surface area contributed by atoms with Crippen LogP contribution in [0.1, 0.15) is 19.3 Å². The molecule has 18 heavy (non-hydrogen) atoms. The van der Waals surface area contributed by atoms with E-state index in [9.17, 15) is 9.18 Å². The van der Waals surface area contributed by atoms with Gasteiger partial charge in [-0.15, -0.1) is 0 Å². The standard InChI is InChI=1S/C13H18FN3O/c1-16-13(18)12-4-2-3-7-17(12)11-6-5-9(14)8-10(11)15/h5-6,8,12H,2-4,7,15H2,1H3,(H,16,18). The van der Waals surface area contributed by atoms with Crippen LogP contribution in [0, 0.1) is 5.82 Å². The molecule has 2 rings (SSSR count). The number of nitrogens with zero attached hydrogens (tertiary/aromatic N) is 1. The lowest BCUT2D eigenvalue weighted by molar-refractivity contribution is -0.122. The summed E-state index contributed by atoms with van der Waals surface area (Å²) >= 11 is 0. The minimum Gasteiger partial charge on any atom is -0.397 e. The summed E-state index contributed by atoms with van der Waals surface area (Å²) < 4.78 is 13.1. The highest BCUT2D eigenvalue weighted by molar-refractivity contribution is 5.86. The molecule has 0 bridgehead atoms. The number of benzene rings is 1. The van der Waals surface area contributed by atoms with Gasteiger partial charge in [0.2, 0.25) is 5.91 Å². The molecule has 98 valence electrons. The predicted molar refractivity (Wildman–Crippen MR) is 69.9 cm³/mol. The van der Waals surface area contributed by atoms with E-state index in [1.165, 1.54) is 12.1 Å². The summed E-state index contributed by atoms with van der Waals surface area (Å²) in [6.45, 7) is 0.772. The maximum Gasteiger partial charge on any atom is 0.242 e. The normalized spacial score (nSPS) is 19.7. The van der Waals surface area contributed by atoms with Crippen LogP contribution in [0.2, 0.25) is 0 Å². The van der Waals surface area contributed by atoms with Crippen molar-refractivity contribution in [2.75, 3.05) is 24.2 Å². The van der Waals surface area contributed by atoms with Gasteiger partial charge in [0.1, 0.15) is 11.9 Å². The SMILES string of the molecule is CNC(=O)C1CCCCN1c1ccc(F)cc1N. The summed E-state index contributed by atoms with van der Waals surface area (Å²) in [4.78, 5) is 13.8. The van der Waals surface area contributed by atoms with Gasteiger partial charge >= 0.3 is 0 Å². The molecule has 0 spiro atoms. The first-order valence-electron chi connectivity index (χ1n) is 6.16. The molecular weight excluding hydrogens is 233 g/mol. The molecule has 1 amide bonds. The monoisotopic (exact) mass is 251 g/mol. The van der Waals surface area contributed by atoms with E-state index >= 15 is 0 Å². The van der Waals surface area contributed by atoms with E-state index in [0.29, 0.717) is 5.69 Å². The van der Waals surface area contributed by atoms with Crippen molar-refractivity contribution in [1.29, 1.82) is 0 Å². The van der Waals surface area contributed by atoms with E-state index in [2.05, 4.69) is 5.32 Å². The minimum atomic E-state index is -0.357. The number of carbonyl (C=O) groups excluding carboxylic acids is 1. The van der Waals surface area contributed by atoms with Gasteiger partial charge in [-0.2, -0.15) is 0 Å². The van der Waals surface area contributed by atoms with E-state index in [0.717, 1.165) is 31.5 Å². The average molecular weight is 251 g/mol. The second-order valence-electron chi connectivity index (χ2n) is 4.52. The van der Waals surface area contributed by atoms with Gasteiger partial charge in [-0.25, -0.2) is 4.39 Å². The topological polar surface area (TPSA) is 58.4 Å². The van der Waals surface area contributed by atoms with Gasteiger partial charge < -0.3 is 16.0 Å². The van der Waals surface area contributed by atoms with Crippen LogP contribution in [0.5, 0.6) is 0 Å². The zero-order valence-corrected chi connectivity index (χ0v) is 10.4. The van der Waals surface area contributed by atoms with Gasteiger partial charge in [-0.3, -0.25) is 4.79 Å². The molecule has 4 nitrogen and oxygen atoms in total. The van der Waals surface area contributed by atoms with Crippen molar-refractivity contribution in [3.63, 3.8) is 0 Å². The molecule has 1 saturated heterocycles. The fourth-order valence-electron chi connectivity index (χ4n) is 2.45. The first-order valence-corrected chi connectivity index (χ1v) is 6.16. The summed E-state index contributed by atoms with van der Waals surface area (Å²) in [5.74, 6) is -0.372. The Kier molecular flexibility index (Phi) is 3.69. The lowest BCUT2D eigenvalue weighted by Crippen LogP contribution is -2.49. The number of rotatable bonds is 2. The fourth-order valence-corrected chi connectivity index (χ4v) is 2.45. The van der Waals surface area contributed by atoms with Crippen LogP contribution < -0.4 is 16.0 Å². The Bertz CT molecular complexity index is 450. The summed E-state index contributed by atoms with van der Waals surface area (Å²) in [5.41, 5.74) is 6.96. The molecule has 1 atom stereocenters. The smallest absolute Gasteiger partial charge is 0.242 e. The molecule has 0 aromatic heterocycles. The molecule has 1 fully saturated rings. The number of nitrogens with one attached hydrogen (secondary N) is 1. The van der Waals surface area contributed by atoms with Gasteiger partial charge in [-0.1, -0.05) is 0 Å². The van der Waals surface area contributed by atoms with Gasteiger partial charge in [0.05, 0.1) is 11.4 Å². The van der Waals surface area contributed by atoms with Crippen molar-refractivity contribution < 1.29 is 9.18 Å². The van der Waals surface area contributed by atoms with Crippen LogP contribution in [0.4, 0.5) is 15.8 Å². The molecule has 1 heterocycles. The van der Waals surface area contributed by atoms with Gasteiger partial charge in [0.15, 0.2) is 0 Å². The van der Waals surface area contributed by atoms with Crippen LogP contribution in [-0.2, 0) is 4.79 Å². The van der Waals surface area contributed by atoms with Crippen LogP contribution in [-0.4, -0.2) is 25.5 Å². The van der Waals surface area contributed by atoms with Crippen molar-refractivity contribution in [2.24, 2.45) is 0 Å². The molecule has 1 aliphatic rings. The van der Waals surface area contributed by atoms with Gasteiger partial charge in [0.25, 0.3) is 0 Å². The van der Waals surface area contributed by atoms with E-state index in [-0.39, 0.29) is 17.8 Å². The highest BCUT2D eigenvalue weighted by Crippen LogP contribution is 2.30. The molecule has 1 aliphatic heterocycles. The van der Waals surface area contributed by atoms with Crippen LogP contribution in [0.3, 0.4) is 0 Å². The van der Waals surface area contributed by atoms with Crippen molar-refractivity contribution in [3.8, 4) is 0 Å². The largest absolute Gasteiger partial charge is 0.397 e. The summed E-state index contributed by atoms with van der Waals surface area (Å²) in [6.07, 6.45) is 2.84. The fraction of sp³-hybridized carbons (Fsp3) is 0.462. The molecule has 5 heteroatoms. The first-order chi connectivity index (χ1) is 8.63. The number of anilines is 2. The van der Waals surface area contributed by atoms with Gasteiger partial charge in [-0.05, 0) is 37.5 Å². The zero-order valence-electron chi connectivity index (χ0n) is 10.4. The summed E-state index contributed by atoms with van der Waals surface area (Å²) in [5, 5.41) is 2.67. The van der Waals surface area contributed by atoms with Crippen molar-refractivity contribution in [2.45, 2.75) is 25.3 Å². The Balaban J connectivity index is 2.30. The number of piperidine rings is 1. The molecule has 0 saturated carbocycles. The Morgan fingerprint density at radius 2 is 2.28 bits per heavy atom. The molecular formula is C13H18FN3O. The second-order valence-corrected chi connectivity index (χ2v) is 4.52. The van der Waals surface area contributed by atoms with E-state index in [1.54, 1.807) is 13.1 Å². The Labute approximate surface area is 106 Å². The number of hydrogen-bond donors (Lipinski definition) is 2. The molecule has 1 aromatic rings. The summed E-state index contributed by atoms with van der Waals surface area (Å²) in [7, 11) is 1.63. The van der Waals surface area contributed by atoms with Crippen molar-refractivity contribution in [1.82, 2.24) is 5.32 Å². The molecule has 0 aliphatic carbocycles. The lowest BCUT2D eigenvalue weighted by Gasteiger charge is -2.36. The number of likely N-dealkylation sites (N-methyl/N-ethyl adjacent to an activating group) is 1. The zero-order chi connectivity index (χ0) is 13.1. The average Bonchev–Trinajstić information content (AvgIpc) is 2.38. The maximum atomic E-state index is 13.1. The first kappa shape index (κ1) is 12.7. The number of amides is 1. The van der Waals surface area contributed by atoms with Crippen LogP contribution in [0.25, 0.3) is 0 Å². The third-order valence-electron chi connectivity index (χ3n) is 3.35. The lowest BCUT2D eigenvalue weighted by atomic mass is 10.00. The summed E-state index contributed by atoms with van der Waals surface area (Å²) in [6, 6.07) is 4.11. The number of carbonyl (C=O) groups is 1. The number of nitrogens with two attached hydrogens (primary N) is 1. The van der Waals surface area contributed by atoms with Crippen molar-refractivity contribution in [3.05, 3.63) is 24.0 Å². The molecule has 1 unspecified atom stereocenters. The van der Waals surface area contributed by atoms with Crippen LogP contribution >= 0.6 is 0 Å². The van der Waals surface area contributed by atoms with Crippen molar-refractivity contribution >= 4 is 17.3 Å². The maximum absolute atomic E-state index is 13.1. The Morgan fingerprint density at radius 3 is 2.94 bits per heavy atom. The number of nitrogen functional groups attached to an aromatic ring is 1. The Hall–Kier alpha value is -1.78. The Morgan fingerprint density at radius 1 is 1.50 bits per heavy atom. The van der Waals surface area contributed by atoms with Gasteiger partial charge in [0, 0.05) is 13.6 Å². The van der Waals surface area contributed by atoms with E-state index in [4.69, 9.17) is 5.73 Å². The third kappa shape index (κ3) is 2.39. The molecule has 0 radical (unpaired) electrons. The second kappa shape index (κ2) is 5.25. The number of halogens is 1. The van der Waals surface area contributed by atoms with Crippen LogP contribution in [0.15, 0.2) is 18.2 Å². The highest BCUT2D eigenvalue weighted by atomic mass is 19.1. The highest BCUT2D eigenvalue weighted by Gasteiger charge is 2.29. The van der Waals surface area contributed by atoms with E-state index in [1.807, 2.05) is 4.90 Å². The van der Waals surface area contributed by atoms with E-state index < -0.39 is 0 Å². The quantitative estimate of drug-likeness (QED) is 0.783. The molecule has 3 N–H and O–H groups in total. The third-order valence-corrected chi connectivity index (χ3v) is 3.35.